The minimum atomic E-state index is -1.87. The molecule has 0 aliphatic carbocycles. The molecule has 4 rings (SSSR count). The van der Waals surface area contributed by atoms with Crippen molar-refractivity contribution in [3.8, 4) is 0 Å². The largest absolute Gasteiger partial charge is 0.394 e. The summed E-state index contributed by atoms with van der Waals surface area (Å²) < 4.78 is 41.5. The molecule has 11 N–H and O–H groups in total. The highest BCUT2D eigenvalue weighted by Gasteiger charge is 2.56. The third-order valence-corrected chi connectivity index (χ3v) is 11.5. The second kappa shape index (κ2) is 21.1. The molecule has 4 aliphatic rings. The topological polar surface area (TPSA) is 300 Å². The highest BCUT2D eigenvalue weighted by atomic mass is 32.2. The molecule has 4 aliphatic heterocycles. The fourth-order valence-corrected chi connectivity index (χ4v) is 7.76. The summed E-state index contributed by atoms with van der Waals surface area (Å²) in [6.07, 6.45) is -29.1. The lowest BCUT2D eigenvalue weighted by Gasteiger charge is -2.51. The molecule has 4 fully saturated rings. The van der Waals surface area contributed by atoms with Crippen LogP contribution in [0.5, 0.6) is 0 Å². The Kier molecular flexibility index (Phi) is 18.1. The van der Waals surface area contributed by atoms with Crippen LogP contribution in [0.1, 0.15) is 20.3 Å². The first-order valence-corrected chi connectivity index (χ1v) is 19.4. The smallest absolute Gasteiger partial charge is 0.187 e. The summed E-state index contributed by atoms with van der Waals surface area (Å²) in [4.78, 5) is 5.43. The van der Waals surface area contributed by atoms with Crippen molar-refractivity contribution in [3.05, 3.63) is 0 Å². The number of ether oxygens (including phenoxy) is 7. The van der Waals surface area contributed by atoms with Crippen molar-refractivity contribution in [2.24, 2.45) is 5.92 Å². The van der Waals surface area contributed by atoms with Crippen LogP contribution in [-0.2, 0) is 38.0 Å². The van der Waals surface area contributed by atoms with Crippen molar-refractivity contribution in [3.63, 3.8) is 0 Å². The summed E-state index contributed by atoms with van der Waals surface area (Å²) in [5, 5.41) is 118. The van der Waals surface area contributed by atoms with Crippen LogP contribution in [0.3, 0.4) is 0 Å². The van der Waals surface area contributed by atoms with E-state index in [4.69, 9.17) is 38.0 Å². The van der Waals surface area contributed by atoms with Crippen molar-refractivity contribution in [2.45, 2.75) is 137 Å². The minimum Gasteiger partial charge on any atom is -0.394 e. The first kappa shape index (κ1) is 45.6. The number of aliphatic hydroxyl groups excluding tert-OH is 11. The van der Waals surface area contributed by atoms with Crippen molar-refractivity contribution in [1.82, 2.24) is 5.06 Å². The van der Waals surface area contributed by atoms with Crippen LogP contribution in [0.25, 0.3) is 0 Å². The molecule has 0 aromatic carbocycles. The van der Waals surface area contributed by atoms with Gasteiger partial charge >= 0.3 is 0 Å². The van der Waals surface area contributed by atoms with Crippen molar-refractivity contribution < 1.29 is 94.2 Å². The number of thioether (sulfide) groups is 1. The molecule has 4 heterocycles. The highest BCUT2D eigenvalue weighted by molar-refractivity contribution is 7.99. The molecular weight excluding hydrogens is 754 g/mol. The van der Waals surface area contributed by atoms with Gasteiger partial charge in [0.1, 0.15) is 79.4 Å². The number of hydrogen-bond acceptors (Lipinski definition) is 22. The average Bonchev–Trinajstić information content (AvgIpc) is 3.15. The Morgan fingerprint density at radius 1 is 0.585 bits per heavy atom. The number of hydrogen-bond donors (Lipinski definition) is 12. The zero-order valence-corrected chi connectivity index (χ0v) is 31.4. The second-order valence-corrected chi connectivity index (χ2v) is 15.2. The molecule has 8 unspecified atom stereocenters. The summed E-state index contributed by atoms with van der Waals surface area (Å²) in [7, 11) is 1.36. The Labute approximate surface area is 316 Å². The van der Waals surface area contributed by atoms with E-state index in [1.165, 1.54) is 26.0 Å². The first-order chi connectivity index (χ1) is 25.2. The second-order valence-electron chi connectivity index (χ2n) is 13.5. The van der Waals surface area contributed by atoms with Gasteiger partial charge in [0, 0.05) is 18.2 Å². The van der Waals surface area contributed by atoms with E-state index in [2.05, 4.69) is 12.6 Å². The zero-order valence-electron chi connectivity index (χ0n) is 29.7. The van der Waals surface area contributed by atoms with E-state index in [0.29, 0.717) is 12.2 Å². The molecule has 53 heavy (non-hydrogen) atoms. The standard InChI is InChI=1S/C31H57NO19S2/c1-12-17(36)19(38)14(9-33)47-29(12)50-26-20(39)15(10-34)48-31(27(26)51-30-24(43)21(40)18(37)13(2)45-30)49-25-16(11-35)46-28(23(42)22(25)41)32(44-3)5-4-7-53-8-6-52/h12-31,33-43,52H,4-11H2,1-3H3/t12?,13?,14?,15?,16?,17-,18-,19+,20+,21+,22-,23?,24?,25-,26+,27?,28-,29-,30+,31+/m1/s1. The summed E-state index contributed by atoms with van der Waals surface area (Å²) in [5.41, 5.74) is 0. The Morgan fingerprint density at radius 3 is 1.81 bits per heavy atom. The van der Waals surface area contributed by atoms with E-state index in [9.17, 15) is 56.2 Å². The van der Waals surface area contributed by atoms with E-state index in [0.717, 1.165) is 11.5 Å². The van der Waals surface area contributed by atoms with E-state index >= 15 is 0 Å². The Hall–Kier alpha value is -0.100. The SMILES string of the molecule is CON(CCCSCCS)[C@@H]1OC(CO)[C@@H](O[C@@H]2OC(CO)[C@H](O)[C@H](O[C@H]3OC(CO)[C@H](O)[C@H](O)C3C)C2O[C@@H]2OC(C)[C@@H](O)[C@H](O)C2O)[C@H](O)C1O. The predicted molar refractivity (Wildman–Crippen MR) is 183 cm³/mol. The van der Waals surface area contributed by atoms with Crippen LogP contribution >= 0.6 is 24.4 Å². The normalized spacial score (nSPS) is 46.9. The molecular formula is C31H57NO19S2. The summed E-state index contributed by atoms with van der Waals surface area (Å²) >= 11 is 5.86. The van der Waals surface area contributed by atoms with Crippen LogP contribution in [0.15, 0.2) is 0 Å². The molecule has 0 saturated carbocycles. The maximum Gasteiger partial charge on any atom is 0.187 e. The van der Waals surface area contributed by atoms with Gasteiger partial charge in [0.05, 0.1) is 39.1 Å². The van der Waals surface area contributed by atoms with Gasteiger partial charge in [-0.05, 0) is 24.9 Å². The van der Waals surface area contributed by atoms with Crippen LogP contribution in [0.4, 0.5) is 0 Å². The predicted octanol–water partition coefficient (Wildman–Crippen LogP) is -5.52. The van der Waals surface area contributed by atoms with E-state index in [1.54, 1.807) is 11.8 Å². The molecule has 312 valence electrons. The number of rotatable bonds is 17. The molecule has 22 heteroatoms. The highest BCUT2D eigenvalue weighted by Crippen LogP contribution is 2.37. The van der Waals surface area contributed by atoms with Gasteiger partial charge in [-0.1, -0.05) is 6.92 Å². The molecule has 0 aromatic rings. The van der Waals surface area contributed by atoms with Gasteiger partial charge in [0.2, 0.25) is 0 Å². The Balaban J connectivity index is 1.64. The third kappa shape index (κ3) is 10.5. The maximum atomic E-state index is 11.4. The van der Waals surface area contributed by atoms with Gasteiger partial charge in [-0.2, -0.15) is 29.5 Å². The van der Waals surface area contributed by atoms with Crippen LogP contribution < -0.4 is 0 Å². The summed E-state index contributed by atoms with van der Waals surface area (Å²) in [5.74, 6) is 1.32. The Bertz CT molecular complexity index is 1070. The number of hydroxylamine groups is 2. The zero-order chi connectivity index (χ0) is 39.1. The van der Waals surface area contributed by atoms with Gasteiger partial charge in [-0.25, -0.2) is 0 Å². The van der Waals surface area contributed by atoms with E-state index < -0.39 is 142 Å². The van der Waals surface area contributed by atoms with Crippen molar-refractivity contribution >= 4 is 24.4 Å². The molecule has 0 spiro atoms. The lowest BCUT2D eigenvalue weighted by molar-refractivity contribution is -0.404. The first-order valence-electron chi connectivity index (χ1n) is 17.6. The Morgan fingerprint density at radius 2 is 1.19 bits per heavy atom. The molecule has 4 saturated heterocycles. The fraction of sp³-hybridized carbons (Fsp3) is 1.00. The fourth-order valence-electron chi connectivity index (χ4n) is 6.70. The van der Waals surface area contributed by atoms with Gasteiger partial charge in [-0.3, -0.25) is 4.84 Å². The molecule has 0 radical (unpaired) electrons. The molecule has 0 bridgehead atoms. The molecule has 0 aromatic heterocycles. The van der Waals surface area contributed by atoms with Crippen LogP contribution in [-0.4, -0.2) is 229 Å². The minimum absolute atomic E-state index is 0.290. The lowest BCUT2D eigenvalue weighted by Crippen LogP contribution is -2.68. The van der Waals surface area contributed by atoms with Crippen molar-refractivity contribution in [2.75, 3.05) is 50.7 Å². The maximum absolute atomic E-state index is 11.4. The van der Waals surface area contributed by atoms with E-state index in [-0.39, 0.29) is 6.54 Å². The number of thiol groups is 1. The van der Waals surface area contributed by atoms with Crippen LogP contribution in [0, 0.1) is 5.92 Å². The summed E-state index contributed by atoms with van der Waals surface area (Å²) in [6, 6.07) is 0. The summed E-state index contributed by atoms with van der Waals surface area (Å²) in [6.45, 7) is 0.863. The monoisotopic (exact) mass is 811 g/mol. The van der Waals surface area contributed by atoms with E-state index in [1.807, 2.05) is 0 Å². The third-order valence-electron chi connectivity index (χ3n) is 9.93. The van der Waals surface area contributed by atoms with Gasteiger partial charge < -0.3 is 89.3 Å². The number of aliphatic hydroxyl groups is 11. The van der Waals surface area contributed by atoms with Gasteiger partial charge in [-0.15, -0.1) is 0 Å². The molecule has 20 atom stereocenters. The van der Waals surface area contributed by atoms with Crippen molar-refractivity contribution in [1.29, 1.82) is 0 Å². The lowest BCUT2D eigenvalue weighted by atomic mass is 9.91. The van der Waals surface area contributed by atoms with Gasteiger partial charge in [0.15, 0.2) is 25.1 Å². The van der Waals surface area contributed by atoms with Gasteiger partial charge in [0.25, 0.3) is 0 Å². The number of nitrogens with zero attached hydrogens (tertiary/aromatic N) is 1. The molecule has 0 amide bonds. The van der Waals surface area contributed by atoms with Crippen LogP contribution in [0.2, 0.25) is 0 Å². The quantitative estimate of drug-likeness (QED) is 0.0371. The molecule has 20 nitrogen and oxygen atoms in total. The average molecular weight is 812 g/mol.